The number of hydrogen-bond donors (Lipinski definition) is 0. The van der Waals surface area contributed by atoms with Crippen molar-refractivity contribution < 1.29 is 4.79 Å². The third-order valence-corrected chi connectivity index (χ3v) is 2.55. The molecule has 3 nitrogen and oxygen atoms in total. The van der Waals surface area contributed by atoms with Crippen molar-refractivity contribution in [2.24, 2.45) is 5.92 Å². The van der Waals surface area contributed by atoms with Crippen molar-refractivity contribution in [3.05, 3.63) is 17.5 Å². The summed E-state index contributed by atoms with van der Waals surface area (Å²) in [4.78, 5) is 11.9. The Labute approximate surface area is 85.1 Å². The van der Waals surface area contributed by atoms with Crippen LogP contribution in [0.15, 0.2) is 6.07 Å². The Bertz CT molecular complexity index is 324. The van der Waals surface area contributed by atoms with Crippen LogP contribution in [0.2, 0.25) is 0 Å². The average Bonchev–Trinajstić information content (AvgIpc) is 2.47. The highest BCUT2D eigenvalue weighted by molar-refractivity contribution is 5.81. The Morgan fingerprint density at radius 3 is 2.36 bits per heavy atom. The van der Waals surface area contributed by atoms with E-state index < -0.39 is 0 Å². The van der Waals surface area contributed by atoms with Crippen molar-refractivity contribution in [2.45, 2.75) is 40.5 Å². The van der Waals surface area contributed by atoms with Gasteiger partial charge >= 0.3 is 0 Å². The number of rotatable bonds is 3. The molecule has 1 aromatic heterocycles. The fraction of sp³-hybridized carbons (Fsp3) is 0.636. The molecule has 0 radical (unpaired) electrons. The van der Waals surface area contributed by atoms with Gasteiger partial charge in [0.05, 0.1) is 5.69 Å². The number of aromatic nitrogens is 2. The van der Waals surface area contributed by atoms with Crippen LogP contribution in [-0.4, -0.2) is 15.7 Å². The second kappa shape index (κ2) is 4.40. The largest absolute Gasteiger partial charge is 0.272 e. The molecule has 0 bridgehead atoms. The molecule has 0 saturated carbocycles. The molecule has 0 aliphatic heterocycles. The lowest BCUT2D eigenvalue weighted by atomic mass is 10.0. The van der Waals surface area contributed by atoms with Crippen LogP contribution in [0, 0.1) is 19.8 Å². The molecule has 3 heteroatoms. The molecule has 0 aromatic carbocycles. The molecule has 1 rings (SSSR count). The molecule has 0 atom stereocenters. The van der Waals surface area contributed by atoms with E-state index in [-0.39, 0.29) is 11.8 Å². The summed E-state index contributed by atoms with van der Waals surface area (Å²) in [7, 11) is 0. The van der Waals surface area contributed by atoms with Crippen LogP contribution in [0.25, 0.3) is 0 Å². The van der Waals surface area contributed by atoms with Crippen LogP contribution in [0.1, 0.15) is 42.9 Å². The maximum absolute atomic E-state index is 11.9. The van der Waals surface area contributed by atoms with Gasteiger partial charge in [0.1, 0.15) is 0 Å². The van der Waals surface area contributed by atoms with Crippen LogP contribution in [-0.2, 0) is 0 Å². The monoisotopic (exact) mass is 194 g/mol. The fourth-order valence-electron chi connectivity index (χ4n) is 1.66. The summed E-state index contributed by atoms with van der Waals surface area (Å²) >= 11 is 0. The van der Waals surface area contributed by atoms with Crippen molar-refractivity contribution in [3.8, 4) is 0 Å². The van der Waals surface area contributed by atoms with E-state index in [9.17, 15) is 4.79 Å². The summed E-state index contributed by atoms with van der Waals surface area (Å²) < 4.78 is 1.53. The smallest absolute Gasteiger partial charge is 0.250 e. The maximum Gasteiger partial charge on any atom is 0.250 e. The summed E-state index contributed by atoms with van der Waals surface area (Å²) in [5.74, 6) is 0.230. The molecule has 0 aliphatic carbocycles. The van der Waals surface area contributed by atoms with Gasteiger partial charge in [-0.2, -0.15) is 5.10 Å². The molecule has 0 fully saturated rings. The zero-order valence-corrected chi connectivity index (χ0v) is 9.37. The number of nitrogens with zero attached hydrogens (tertiary/aromatic N) is 2. The second-order valence-electron chi connectivity index (χ2n) is 3.69. The minimum Gasteiger partial charge on any atom is -0.272 e. The zero-order chi connectivity index (χ0) is 10.7. The van der Waals surface area contributed by atoms with Crippen LogP contribution < -0.4 is 0 Å². The highest BCUT2D eigenvalue weighted by Gasteiger charge is 2.18. The van der Waals surface area contributed by atoms with E-state index in [2.05, 4.69) is 5.10 Å². The molecular formula is C11H18N2O. The van der Waals surface area contributed by atoms with Crippen molar-refractivity contribution in [3.63, 3.8) is 0 Å². The lowest BCUT2D eigenvalue weighted by molar-refractivity contribution is 0.0807. The lowest BCUT2D eigenvalue weighted by Crippen LogP contribution is -2.22. The van der Waals surface area contributed by atoms with E-state index in [4.69, 9.17) is 0 Å². The first-order valence-corrected chi connectivity index (χ1v) is 5.17. The van der Waals surface area contributed by atoms with E-state index >= 15 is 0 Å². The molecular weight excluding hydrogens is 176 g/mol. The maximum atomic E-state index is 11.9. The summed E-state index contributed by atoms with van der Waals surface area (Å²) in [6.45, 7) is 7.90. The molecule has 0 unspecified atom stereocenters. The van der Waals surface area contributed by atoms with Gasteiger partial charge in [0.25, 0.3) is 0 Å². The first-order valence-electron chi connectivity index (χ1n) is 5.17. The van der Waals surface area contributed by atoms with Gasteiger partial charge in [-0.3, -0.25) is 4.79 Å². The molecule has 0 spiro atoms. The predicted molar refractivity (Wildman–Crippen MR) is 56.4 cm³/mol. The fourth-order valence-corrected chi connectivity index (χ4v) is 1.66. The molecule has 1 aromatic rings. The van der Waals surface area contributed by atoms with Crippen molar-refractivity contribution in [2.75, 3.05) is 0 Å². The Kier molecular flexibility index (Phi) is 3.44. The normalized spacial score (nSPS) is 10.9. The topological polar surface area (TPSA) is 34.9 Å². The molecule has 78 valence electrons. The van der Waals surface area contributed by atoms with Crippen molar-refractivity contribution >= 4 is 5.91 Å². The first kappa shape index (κ1) is 11.0. The SMILES string of the molecule is CCC(CC)C(=O)n1nc(C)cc1C. The molecule has 0 aliphatic rings. The van der Waals surface area contributed by atoms with Crippen molar-refractivity contribution in [1.29, 1.82) is 0 Å². The first-order chi connectivity index (χ1) is 6.60. The quantitative estimate of drug-likeness (QED) is 0.741. The van der Waals surface area contributed by atoms with Crippen LogP contribution in [0.5, 0.6) is 0 Å². The number of carbonyl (C=O) groups excluding carboxylic acids is 1. The van der Waals surface area contributed by atoms with E-state index in [0.717, 1.165) is 24.2 Å². The molecule has 0 amide bonds. The van der Waals surface area contributed by atoms with Gasteiger partial charge in [-0.05, 0) is 32.8 Å². The molecule has 14 heavy (non-hydrogen) atoms. The van der Waals surface area contributed by atoms with Gasteiger partial charge in [0, 0.05) is 11.6 Å². The van der Waals surface area contributed by atoms with Crippen LogP contribution in [0.3, 0.4) is 0 Å². The number of aryl methyl sites for hydroxylation is 2. The predicted octanol–water partition coefficient (Wildman–Crippen LogP) is 2.58. The van der Waals surface area contributed by atoms with Crippen LogP contribution >= 0.6 is 0 Å². The molecule has 0 saturated heterocycles. The summed E-state index contributed by atoms with van der Waals surface area (Å²) in [5.41, 5.74) is 1.83. The Balaban J connectivity index is 2.93. The number of hydrogen-bond acceptors (Lipinski definition) is 2. The van der Waals surface area contributed by atoms with Gasteiger partial charge in [-0.15, -0.1) is 0 Å². The summed E-state index contributed by atoms with van der Waals surface area (Å²) in [6, 6.07) is 1.93. The molecule has 0 N–H and O–H groups in total. The van der Waals surface area contributed by atoms with E-state index in [0.29, 0.717) is 0 Å². The second-order valence-corrected chi connectivity index (χ2v) is 3.69. The van der Waals surface area contributed by atoms with Crippen molar-refractivity contribution in [1.82, 2.24) is 9.78 Å². The third kappa shape index (κ3) is 2.03. The van der Waals surface area contributed by atoms with Gasteiger partial charge in [0.15, 0.2) is 0 Å². The van der Waals surface area contributed by atoms with Gasteiger partial charge < -0.3 is 0 Å². The Morgan fingerprint density at radius 1 is 1.43 bits per heavy atom. The molecule has 1 heterocycles. The highest BCUT2D eigenvalue weighted by atomic mass is 16.2. The van der Waals surface area contributed by atoms with Gasteiger partial charge in [0.2, 0.25) is 5.91 Å². The Morgan fingerprint density at radius 2 is 2.00 bits per heavy atom. The van der Waals surface area contributed by atoms with E-state index in [1.807, 2.05) is 33.8 Å². The average molecular weight is 194 g/mol. The minimum atomic E-state index is 0.105. The number of carbonyl (C=O) groups is 1. The minimum absolute atomic E-state index is 0.105. The highest BCUT2D eigenvalue weighted by Crippen LogP contribution is 2.12. The standard InChI is InChI=1S/C11H18N2O/c1-5-10(6-2)11(14)13-9(4)7-8(3)12-13/h7,10H,5-6H2,1-4H3. The zero-order valence-electron chi connectivity index (χ0n) is 9.37. The lowest BCUT2D eigenvalue weighted by Gasteiger charge is -2.11. The summed E-state index contributed by atoms with van der Waals surface area (Å²) in [5, 5.41) is 4.19. The van der Waals surface area contributed by atoms with Crippen LogP contribution in [0.4, 0.5) is 0 Å². The van der Waals surface area contributed by atoms with Gasteiger partial charge in [-0.25, -0.2) is 4.68 Å². The van der Waals surface area contributed by atoms with E-state index in [1.54, 1.807) is 0 Å². The van der Waals surface area contributed by atoms with Gasteiger partial charge in [-0.1, -0.05) is 13.8 Å². The summed E-state index contributed by atoms with van der Waals surface area (Å²) in [6.07, 6.45) is 1.77. The third-order valence-electron chi connectivity index (χ3n) is 2.55. The van der Waals surface area contributed by atoms with E-state index in [1.165, 1.54) is 4.68 Å². The Hall–Kier alpha value is -1.12.